The van der Waals surface area contributed by atoms with E-state index < -0.39 is 6.04 Å². The standard InChI is InChI=1S/C28H29N3O2/c1-4-20-8-6-10-23(18-20)30-27(33)26(21-9-7-17-29-19-21)31(25(32)5-2)24-13-11-22(12-14-24)28(3)15-16-28/h5-14,17-19,26H,2,4,15-16H2,1,3H3,(H,30,33). The molecular weight excluding hydrogens is 410 g/mol. The minimum absolute atomic E-state index is 0.218. The van der Waals surface area contributed by atoms with Crippen LogP contribution in [0.5, 0.6) is 0 Å². The summed E-state index contributed by atoms with van der Waals surface area (Å²) >= 11 is 0. The van der Waals surface area contributed by atoms with Crippen LogP contribution in [0.15, 0.2) is 85.7 Å². The number of nitrogens with one attached hydrogen (secondary N) is 1. The zero-order valence-corrected chi connectivity index (χ0v) is 19.1. The number of nitrogens with zero attached hydrogens (tertiary/aromatic N) is 2. The summed E-state index contributed by atoms with van der Waals surface area (Å²) in [7, 11) is 0. The van der Waals surface area contributed by atoms with Crippen molar-refractivity contribution in [2.45, 2.75) is 44.6 Å². The first-order chi connectivity index (χ1) is 15.9. The molecule has 0 spiro atoms. The van der Waals surface area contributed by atoms with Crippen LogP contribution in [-0.2, 0) is 21.4 Å². The maximum Gasteiger partial charge on any atom is 0.252 e. The second-order valence-electron chi connectivity index (χ2n) is 8.75. The summed E-state index contributed by atoms with van der Waals surface area (Å²) in [5.41, 5.74) is 4.53. The van der Waals surface area contributed by atoms with Crippen molar-refractivity contribution in [1.82, 2.24) is 4.98 Å². The highest BCUT2D eigenvalue weighted by atomic mass is 16.2. The Hall–Kier alpha value is -3.73. The number of hydrogen-bond donors (Lipinski definition) is 1. The van der Waals surface area contributed by atoms with Gasteiger partial charge in [0.25, 0.3) is 11.8 Å². The number of hydrogen-bond acceptors (Lipinski definition) is 3. The Labute approximate surface area is 195 Å². The molecule has 0 radical (unpaired) electrons. The number of benzene rings is 2. The van der Waals surface area contributed by atoms with Gasteiger partial charge in [-0.1, -0.05) is 50.8 Å². The SMILES string of the molecule is C=CC(=O)N(c1ccc(C2(C)CC2)cc1)C(C(=O)Nc1cccc(CC)c1)c1cccnc1. The van der Waals surface area contributed by atoms with Crippen LogP contribution in [0.3, 0.4) is 0 Å². The molecule has 1 fully saturated rings. The molecule has 5 heteroatoms. The molecule has 0 aliphatic heterocycles. The van der Waals surface area contributed by atoms with Crippen molar-refractivity contribution in [3.05, 3.63) is 102 Å². The lowest BCUT2D eigenvalue weighted by Gasteiger charge is -2.30. The van der Waals surface area contributed by atoms with E-state index in [1.165, 1.54) is 29.4 Å². The molecule has 0 saturated heterocycles. The molecule has 2 amide bonds. The van der Waals surface area contributed by atoms with Gasteiger partial charge in [0, 0.05) is 29.3 Å². The van der Waals surface area contributed by atoms with E-state index in [0.717, 1.165) is 12.0 Å². The topological polar surface area (TPSA) is 62.3 Å². The molecule has 1 aromatic heterocycles. The number of carbonyl (C=O) groups excluding carboxylic acids is 2. The van der Waals surface area contributed by atoms with Crippen LogP contribution >= 0.6 is 0 Å². The Kier molecular flexibility index (Phi) is 6.40. The zero-order valence-electron chi connectivity index (χ0n) is 19.1. The first-order valence-corrected chi connectivity index (χ1v) is 11.3. The van der Waals surface area contributed by atoms with E-state index in [-0.39, 0.29) is 17.2 Å². The molecule has 1 N–H and O–H groups in total. The monoisotopic (exact) mass is 439 g/mol. The normalized spacial score (nSPS) is 14.7. The summed E-state index contributed by atoms with van der Waals surface area (Å²) in [6.45, 7) is 7.98. The predicted octanol–water partition coefficient (Wildman–Crippen LogP) is 5.59. The quantitative estimate of drug-likeness (QED) is 0.465. The molecular formula is C28H29N3O2. The van der Waals surface area contributed by atoms with E-state index in [1.807, 2.05) is 42.5 Å². The first kappa shape index (κ1) is 22.5. The maximum absolute atomic E-state index is 13.6. The highest BCUT2D eigenvalue weighted by Crippen LogP contribution is 2.47. The van der Waals surface area contributed by atoms with E-state index in [9.17, 15) is 9.59 Å². The molecule has 2 aromatic carbocycles. The van der Waals surface area contributed by atoms with Gasteiger partial charge in [-0.15, -0.1) is 0 Å². The van der Waals surface area contributed by atoms with Crippen LogP contribution in [0.1, 0.15) is 49.4 Å². The Bertz CT molecular complexity index is 1150. The average molecular weight is 440 g/mol. The lowest BCUT2D eigenvalue weighted by Crippen LogP contribution is -2.40. The summed E-state index contributed by atoms with van der Waals surface area (Å²) in [5, 5.41) is 3.00. The Morgan fingerprint density at radius 3 is 2.52 bits per heavy atom. The highest BCUT2D eigenvalue weighted by molar-refractivity contribution is 6.09. The van der Waals surface area contributed by atoms with Gasteiger partial charge in [-0.3, -0.25) is 19.5 Å². The smallest absolute Gasteiger partial charge is 0.252 e. The maximum atomic E-state index is 13.6. The molecule has 3 aromatic rings. The van der Waals surface area contributed by atoms with E-state index in [4.69, 9.17) is 0 Å². The number of carbonyl (C=O) groups is 2. The zero-order chi connectivity index (χ0) is 23.4. The Balaban J connectivity index is 1.73. The summed E-state index contributed by atoms with van der Waals surface area (Å²) in [6.07, 6.45) is 7.70. The lowest BCUT2D eigenvalue weighted by atomic mass is 9.97. The molecule has 1 atom stereocenters. The van der Waals surface area contributed by atoms with Crippen LogP contribution in [0.25, 0.3) is 0 Å². The molecule has 33 heavy (non-hydrogen) atoms. The van der Waals surface area contributed by atoms with E-state index in [2.05, 4.69) is 42.9 Å². The van der Waals surface area contributed by atoms with Gasteiger partial charge < -0.3 is 5.32 Å². The van der Waals surface area contributed by atoms with Crippen LogP contribution < -0.4 is 10.2 Å². The fraction of sp³-hybridized carbons (Fsp3) is 0.250. The van der Waals surface area contributed by atoms with Gasteiger partial charge in [0.05, 0.1) is 0 Å². The number of aromatic nitrogens is 1. The first-order valence-electron chi connectivity index (χ1n) is 11.3. The largest absolute Gasteiger partial charge is 0.324 e. The molecule has 1 unspecified atom stereocenters. The lowest BCUT2D eigenvalue weighted by molar-refractivity contribution is -0.121. The minimum atomic E-state index is -0.906. The van der Waals surface area contributed by atoms with Crippen LogP contribution in [0.2, 0.25) is 0 Å². The summed E-state index contributed by atoms with van der Waals surface area (Å²) < 4.78 is 0. The van der Waals surface area contributed by atoms with Crippen molar-refractivity contribution in [2.24, 2.45) is 0 Å². The molecule has 4 rings (SSSR count). The van der Waals surface area contributed by atoms with Gasteiger partial charge in [-0.05, 0) is 72.2 Å². The minimum Gasteiger partial charge on any atom is -0.324 e. The van der Waals surface area contributed by atoms with Gasteiger partial charge in [0.15, 0.2) is 0 Å². The van der Waals surface area contributed by atoms with E-state index >= 15 is 0 Å². The highest BCUT2D eigenvalue weighted by Gasteiger charge is 2.39. The summed E-state index contributed by atoms with van der Waals surface area (Å²) in [6, 6.07) is 18.3. The molecule has 5 nitrogen and oxygen atoms in total. The third kappa shape index (κ3) is 4.87. The fourth-order valence-corrected chi connectivity index (χ4v) is 4.04. The number of anilines is 2. The second-order valence-corrected chi connectivity index (χ2v) is 8.75. The van der Waals surface area contributed by atoms with Gasteiger partial charge in [-0.25, -0.2) is 0 Å². The number of pyridine rings is 1. The van der Waals surface area contributed by atoms with Crippen LogP contribution in [-0.4, -0.2) is 16.8 Å². The van der Waals surface area contributed by atoms with E-state index in [0.29, 0.717) is 16.9 Å². The molecule has 1 heterocycles. The molecule has 0 bridgehead atoms. The van der Waals surface area contributed by atoms with Crippen molar-refractivity contribution in [2.75, 3.05) is 10.2 Å². The average Bonchev–Trinajstić information content (AvgIpc) is 3.61. The molecule has 1 aliphatic rings. The Morgan fingerprint density at radius 1 is 1.15 bits per heavy atom. The van der Waals surface area contributed by atoms with Gasteiger partial charge in [0.2, 0.25) is 0 Å². The van der Waals surface area contributed by atoms with Crippen LogP contribution in [0, 0.1) is 0 Å². The molecule has 1 saturated carbocycles. The third-order valence-corrected chi connectivity index (χ3v) is 6.36. The van der Waals surface area contributed by atoms with Crippen molar-refractivity contribution >= 4 is 23.2 Å². The van der Waals surface area contributed by atoms with Crippen molar-refractivity contribution in [3.63, 3.8) is 0 Å². The van der Waals surface area contributed by atoms with Crippen molar-refractivity contribution in [3.8, 4) is 0 Å². The van der Waals surface area contributed by atoms with E-state index in [1.54, 1.807) is 18.5 Å². The summed E-state index contributed by atoms with van der Waals surface area (Å²) in [4.78, 5) is 32.4. The number of amides is 2. The van der Waals surface area contributed by atoms with Gasteiger partial charge in [-0.2, -0.15) is 0 Å². The Morgan fingerprint density at radius 2 is 1.91 bits per heavy atom. The molecule has 168 valence electrons. The van der Waals surface area contributed by atoms with Crippen LogP contribution in [0.4, 0.5) is 11.4 Å². The molecule has 1 aliphatic carbocycles. The van der Waals surface area contributed by atoms with Gasteiger partial charge in [0.1, 0.15) is 6.04 Å². The summed E-state index contributed by atoms with van der Waals surface area (Å²) in [5.74, 6) is -0.670. The van der Waals surface area contributed by atoms with Crippen molar-refractivity contribution in [1.29, 1.82) is 0 Å². The van der Waals surface area contributed by atoms with Crippen molar-refractivity contribution < 1.29 is 9.59 Å². The van der Waals surface area contributed by atoms with Gasteiger partial charge >= 0.3 is 0 Å². The third-order valence-electron chi connectivity index (χ3n) is 6.36. The number of rotatable bonds is 8. The second kappa shape index (κ2) is 9.41. The predicted molar refractivity (Wildman–Crippen MR) is 132 cm³/mol. The fourth-order valence-electron chi connectivity index (χ4n) is 4.04. The number of aryl methyl sites for hydroxylation is 1.